The summed E-state index contributed by atoms with van der Waals surface area (Å²) in [5.74, 6) is 0.431. The number of benzene rings is 1. The van der Waals surface area contributed by atoms with Crippen molar-refractivity contribution in [1.29, 1.82) is 0 Å². The summed E-state index contributed by atoms with van der Waals surface area (Å²) in [6.45, 7) is 3.63. The molecule has 1 heterocycles. The Kier molecular flexibility index (Phi) is 3.10. The first-order valence-electron chi connectivity index (χ1n) is 5.47. The van der Waals surface area contributed by atoms with E-state index >= 15 is 0 Å². The van der Waals surface area contributed by atoms with E-state index in [1.54, 1.807) is 0 Å². The van der Waals surface area contributed by atoms with Crippen molar-refractivity contribution in [3.63, 3.8) is 0 Å². The van der Waals surface area contributed by atoms with Crippen molar-refractivity contribution in [3.8, 4) is 0 Å². The van der Waals surface area contributed by atoms with Crippen LogP contribution in [0.2, 0.25) is 0 Å². The zero-order chi connectivity index (χ0) is 11.5. The van der Waals surface area contributed by atoms with E-state index in [9.17, 15) is 0 Å². The van der Waals surface area contributed by atoms with E-state index in [0.29, 0.717) is 18.5 Å². The van der Waals surface area contributed by atoms with Crippen molar-refractivity contribution in [2.75, 3.05) is 25.0 Å². The van der Waals surface area contributed by atoms with Crippen molar-refractivity contribution in [1.82, 2.24) is 4.98 Å². The van der Waals surface area contributed by atoms with Gasteiger partial charge in [-0.05, 0) is 24.6 Å². The van der Waals surface area contributed by atoms with Crippen molar-refractivity contribution < 1.29 is 4.42 Å². The number of hydrogen-bond acceptors (Lipinski definition) is 4. The van der Waals surface area contributed by atoms with Gasteiger partial charge in [-0.3, -0.25) is 0 Å². The van der Waals surface area contributed by atoms with Crippen LogP contribution in [0.25, 0.3) is 11.1 Å². The van der Waals surface area contributed by atoms with Crippen LogP contribution in [-0.4, -0.2) is 25.1 Å². The molecule has 0 aliphatic carbocycles. The van der Waals surface area contributed by atoms with Gasteiger partial charge in [0.05, 0.1) is 0 Å². The second kappa shape index (κ2) is 4.53. The lowest BCUT2D eigenvalue weighted by Crippen LogP contribution is -2.28. The minimum atomic E-state index is 0.431. The zero-order valence-electron chi connectivity index (χ0n) is 9.68. The average Bonchev–Trinajstić information content (AvgIpc) is 2.72. The van der Waals surface area contributed by atoms with Crippen LogP contribution in [0.15, 0.2) is 28.7 Å². The third-order valence-corrected chi connectivity index (χ3v) is 2.60. The molecule has 0 radical (unpaired) electrons. The summed E-state index contributed by atoms with van der Waals surface area (Å²) >= 11 is 0. The van der Waals surface area contributed by atoms with Crippen molar-refractivity contribution in [2.24, 2.45) is 11.7 Å². The molecule has 0 amide bonds. The first kappa shape index (κ1) is 11.0. The Morgan fingerprint density at radius 2 is 2.19 bits per heavy atom. The summed E-state index contributed by atoms with van der Waals surface area (Å²) in [6.07, 6.45) is 0. The minimum absolute atomic E-state index is 0.431. The summed E-state index contributed by atoms with van der Waals surface area (Å²) in [6, 6.07) is 8.42. The molecule has 2 aromatic rings. The Labute approximate surface area is 95.1 Å². The Morgan fingerprint density at radius 3 is 2.88 bits per heavy atom. The van der Waals surface area contributed by atoms with E-state index in [0.717, 1.165) is 17.6 Å². The monoisotopic (exact) mass is 219 g/mol. The van der Waals surface area contributed by atoms with Crippen molar-refractivity contribution in [3.05, 3.63) is 24.3 Å². The summed E-state index contributed by atoms with van der Waals surface area (Å²) < 4.78 is 5.65. The lowest BCUT2D eigenvalue weighted by atomic mass is 10.2. The van der Waals surface area contributed by atoms with Gasteiger partial charge in [0.25, 0.3) is 6.01 Å². The first-order chi connectivity index (χ1) is 7.70. The second-order valence-corrected chi connectivity index (χ2v) is 4.19. The fraction of sp³-hybridized carbons (Fsp3) is 0.417. The number of fused-ring (bicyclic) bond motifs is 1. The van der Waals surface area contributed by atoms with Crippen LogP contribution in [-0.2, 0) is 0 Å². The average molecular weight is 219 g/mol. The van der Waals surface area contributed by atoms with Gasteiger partial charge < -0.3 is 15.1 Å². The second-order valence-electron chi connectivity index (χ2n) is 4.19. The summed E-state index contributed by atoms with van der Waals surface area (Å²) in [5, 5.41) is 0. The molecular weight excluding hydrogens is 202 g/mol. The summed E-state index contributed by atoms with van der Waals surface area (Å²) in [4.78, 5) is 6.42. The smallest absolute Gasteiger partial charge is 0.298 e. The van der Waals surface area contributed by atoms with Crippen LogP contribution in [0.5, 0.6) is 0 Å². The number of anilines is 1. The molecule has 2 rings (SSSR count). The van der Waals surface area contributed by atoms with Crippen LogP contribution < -0.4 is 10.6 Å². The molecule has 0 spiro atoms. The third-order valence-electron chi connectivity index (χ3n) is 2.60. The predicted octanol–water partition coefficient (Wildman–Crippen LogP) is 1.86. The zero-order valence-corrected chi connectivity index (χ0v) is 9.68. The molecule has 1 unspecified atom stereocenters. The molecule has 0 fully saturated rings. The fourth-order valence-electron chi connectivity index (χ4n) is 1.64. The van der Waals surface area contributed by atoms with Gasteiger partial charge in [-0.15, -0.1) is 0 Å². The molecule has 16 heavy (non-hydrogen) atoms. The number of oxazole rings is 1. The van der Waals surface area contributed by atoms with Crippen LogP contribution >= 0.6 is 0 Å². The number of para-hydroxylation sites is 2. The highest BCUT2D eigenvalue weighted by Crippen LogP contribution is 2.20. The highest BCUT2D eigenvalue weighted by atomic mass is 16.4. The molecule has 2 N–H and O–H groups in total. The van der Waals surface area contributed by atoms with E-state index in [4.69, 9.17) is 10.2 Å². The van der Waals surface area contributed by atoms with Crippen LogP contribution in [0, 0.1) is 5.92 Å². The Bertz CT molecular complexity index is 433. The Balaban J connectivity index is 2.19. The molecule has 4 nitrogen and oxygen atoms in total. The van der Waals surface area contributed by atoms with Crippen LogP contribution in [0.4, 0.5) is 6.01 Å². The van der Waals surface area contributed by atoms with Gasteiger partial charge in [-0.2, -0.15) is 4.98 Å². The number of nitrogens with zero attached hydrogens (tertiary/aromatic N) is 2. The molecule has 1 aromatic carbocycles. The van der Waals surface area contributed by atoms with Gasteiger partial charge in [-0.1, -0.05) is 19.1 Å². The van der Waals surface area contributed by atoms with E-state index < -0.39 is 0 Å². The summed E-state index contributed by atoms with van der Waals surface area (Å²) in [7, 11) is 1.97. The fourth-order valence-corrected chi connectivity index (χ4v) is 1.64. The van der Waals surface area contributed by atoms with Gasteiger partial charge in [0.1, 0.15) is 5.52 Å². The molecule has 1 atom stereocenters. The quantitative estimate of drug-likeness (QED) is 0.852. The number of nitrogens with two attached hydrogens (primary N) is 1. The molecule has 0 aliphatic heterocycles. The van der Waals surface area contributed by atoms with Crippen LogP contribution in [0.3, 0.4) is 0 Å². The van der Waals surface area contributed by atoms with E-state index in [1.165, 1.54) is 0 Å². The molecule has 0 saturated carbocycles. The molecule has 1 aromatic heterocycles. The highest BCUT2D eigenvalue weighted by molar-refractivity contribution is 5.74. The molecule has 0 saturated heterocycles. The van der Waals surface area contributed by atoms with Gasteiger partial charge in [0, 0.05) is 13.6 Å². The maximum atomic E-state index is 5.65. The molecule has 0 aliphatic rings. The van der Waals surface area contributed by atoms with E-state index in [1.807, 2.05) is 36.2 Å². The maximum absolute atomic E-state index is 5.65. The van der Waals surface area contributed by atoms with Gasteiger partial charge >= 0.3 is 0 Å². The lowest BCUT2D eigenvalue weighted by molar-refractivity contribution is 0.533. The van der Waals surface area contributed by atoms with Gasteiger partial charge in [0.2, 0.25) is 0 Å². The van der Waals surface area contributed by atoms with Gasteiger partial charge in [0.15, 0.2) is 5.58 Å². The largest absolute Gasteiger partial charge is 0.423 e. The number of rotatable bonds is 4. The summed E-state index contributed by atoms with van der Waals surface area (Å²) in [5.41, 5.74) is 7.31. The molecular formula is C12H17N3O. The third kappa shape index (κ3) is 2.17. The Morgan fingerprint density at radius 1 is 1.44 bits per heavy atom. The van der Waals surface area contributed by atoms with Crippen LogP contribution in [0.1, 0.15) is 6.92 Å². The highest BCUT2D eigenvalue weighted by Gasteiger charge is 2.11. The molecule has 0 bridgehead atoms. The molecule has 86 valence electrons. The topological polar surface area (TPSA) is 55.3 Å². The standard InChI is InChI=1S/C12H17N3O/c1-9(7-13)8-15(2)12-14-10-5-3-4-6-11(10)16-12/h3-6,9H,7-8,13H2,1-2H3. The number of aromatic nitrogens is 1. The lowest BCUT2D eigenvalue weighted by Gasteiger charge is -2.18. The SMILES string of the molecule is CC(CN)CN(C)c1nc2ccccc2o1. The van der Waals surface area contributed by atoms with Crippen molar-refractivity contribution in [2.45, 2.75) is 6.92 Å². The normalized spacial score (nSPS) is 12.9. The van der Waals surface area contributed by atoms with Crippen molar-refractivity contribution >= 4 is 17.1 Å². The predicted molar refractivity (Wildman–Crippen MR) is 65.5 cm³/mol. The van der Waals surface area contributed by atoms with E-state index in [2.05, 4.69) is 11.9 Å². The first-order valence-corrected chi connectivity index (χ1v) is 5.47. The minimum Gasteiger partial charge on any atom is -0.423 e. The van der Waals surface area contributed by atoms with Gasteiger partial charge in [-0.25, -0.2) is 0 Å². The Hall–Kier alpha value is -1.55. The van der Waals surface area contributed by atoms with E-state index in [-0.39, 0.29) is 0 Å². The molecule has 4 heteroatoms. The maximum Gasteiger partial charge on any atom is 0.298 e. The number of hydrogen-bond donors (Lipinski definition) is 1.